The molecule has 0 aromatic heterocycles. The molecule has 0 radical (unpaired) electrons. The lowest BCUT2D eigenvalue weighted by Crippen LogP contribution is -2.41. The third kappa shape index (κ3) is 1.55. The topological polar surface area (TPSA) is 30.5 Å². The first-order valence-electron chi connectivity index (χ1n) is 4.34. The van der Waals surface area contributed by atoms with Crippen molar-refractivity contribution in [3.63, 3.8) is 0 Å². The quantitative estimate of drug-likeness (QED) is 0.543. The van der Waals surface area contributed by atoms with Crippen LogP contribution >= 0.6 is 0 Å². The summed E-state index contributed by atoms with van der Waals surface area (Å²) in [4.78, 5) is 0. The maximum absolute atomic E-state index is 5.76. The van der Waals surface area contributed by atoms with Gasteiger partial charge < -0.3 is 14.8 Å². The number of nitrogens with one attached hydrogen (secondary N) is 1. The third-order valence-corrected chi connectivity index (χ3v) is 2.42. The van der Waals surface area contributed by atoms with Gasteiger partial charge in [0.2, 0.25) is 0 Å². The molecule has 1 N–H and O–H groups in total. The molecule has 2 aliphatic rings. The minimum atomic E-state index is 0.0243. The fourth-order valence-corrected chi connectivity index (χ4v) is 1.69. The predicted octanol–water partition coefficient (Wildman–Crippen LogP) is 0.155. The SMILES string of the molecule is C1CNCC2(CCOC2)OC1. The Balaban J connectivity index is 1.97. The first kappa shape index (κ1) is 7.53. The molecule has 0 aliphatic carbocycles. The summed E-state index contributed by atoms with van der Waals surface area (Å²) in [5, 5.41) is 3.38. The molecule has 0 bridgehead atoms. The van der Waals surface area contributed by atoms with Crippen molar-refractivity contribution in [3.8, 4) is 0 Å². The van der Waals surface area contributed by atoms with Crippen LogP contribution in [0.4, 0.5) is 0 Å². The Morgan fingerprint density at radius 1 is 1.27 bits per heavy atom. The zero-order chi connectivity index (χ0) is 7.57. The summed E-state index contributed by atoms with van der Waals surface area (Å²) >= 11 is 0. The lowest BCUT2D eigenvalue weighted by atomic mass is 10.0. The van der Waals surface area contributed by atoms with Crippen molar-refractivity contribution in [2.75, 3.05) is 32.9 Å². The summed E-state index contributed by atoms with van der Waals surface area (Å²) in [5.74, 6) is 0. The smallest absolute Gasteiger partial charge is 0.106 e. The minimum absolute atomic E-state index is 0.0243. The molecule has 2 fully saturated rings. The van der Waals surface area contributed by atoms with Gasteiger partial charge in [0.25, 0.3) is 0 Å². The van der Waals surface area contributed by atoms with Crippen LogP contribution in [0.1, 0.15) is 12.8 Å². The maximum atomic E-state index is 5.76. The van der Waals surface area contributed by atoms with E-state index in [1.165, 1.54) is 0 Å². The number of hydrogen-bond acceptors (Lipinski definition) is 3. The van der Waals surface area contributed by atoms with Crippen molar-refractivity contribution in [2.45, 2.75) is 18.4 Å². The van der Waals surface area contributed by atoms with E-state index in [0.717, 1.165) is 45.8 Å². The van der Waals surface area contributed by atoms with Gasteiger partial charge in [-0.15, -0.1) is 0 Å². The Hall–Kier alpha value is -0.120. The van der Waals surface area contributed by atoms with Crippen LogP contribution in [0.2, 0.25) is 0 Å². The Kier molecular flexibility index (Phi) is 2.11. The van der Waals surface area contributed by atoms with Crippen LogP contribution in [0, 0.1) is 0 Å². The van der Waals surface area contributed by atoms with E-state index >= 15 is 0 Å². The Labute approximate surface area is 67.1 Å². The monoisotopic (exact) mass is 157 g/mol. The number of ether oxygens (including phenoxy) is 2. The molecule has 0 amide bonds. The molecule has 1 spiro atoms. The standard InChI is InChI=1S/C8H15NO2/c1-3-9-6-8(11-4-1)2-5-10-7-8/h9H,1-7H2. The first-order chi connectivity index (χ1) is 5.41. The van der Waals surface area contributed by atoms with E-state index < -0.39 is 0 Å². The van der Waals surface area contributed by atoms with Crippen LogP contribution in [0.3, 0.4) is 0 Å². The normalized spacial score (nSPS) is 39.3. The van der Waals surface area contributed by atoms with Crippen molar-refractivity contribution in [1.82, 2.24) is 5.32 Å². The van der Waals surface area contributed by atoms with E-state index in [1.807, 2.05) is 0 Å². The highest BCUT2D eigenvalue weighted by atomic mass is 16.6. The predicted molar refractivity (Wildman–Crippen MR) is 41.6 cm³/mol. The lowest BCUT2D eigenvalue weighted by Gasteiger charge is -2.25. The lowest BCUT2D eigenvalue weighted by molar-refractivity contribution is -0.0372. The fraction of sp³-hybridized carbons (Fsp3) is 1.00. The molecule has 64 valence electrons. The van der Waals surface area contributed by atoms with E-state index in [2.05, 4.69) is 5.32 Å². The maximum Gasteiger partial charge on any atom is 0.106 e. The third-order valence-electron chi connectivity index (χ3n) is 2.42. The Morgan fingerprint density at radius 3 is 3.09 bits per heavy atom. The summed E-state index contributed by atoms with van der Waals surface area (Å²) in [6.45, 7) is 4.58. The van der Waals surface area contributed by atoms with Crippen LogP contribution in [0.15, 0.2) is 0 Å². The van der Waals surface area contributed by atoms with Gasteiger partial charge in [-0.05, 0) is 13.0 Å². The molecule has 2 heterocycles. The molecule has 0 saturated carbocycles. The summed E-state index contributed by atoms with van der Waals surface area (Å²) in [6.07, 6.45) is 2.18. The van der Waals surface area contributed by atoms with Crippen molar-refractivity contribution in [3.05, 3.63) is 0 Å². The van der Waals surface area contributed by atoms with Crippen LogP contribution < -0.4 is 5.32 Å². The molecular formula is C8H15NO2. The molecule has 1 atom stereocenters. The Morgan fingerprint density at radius 2 is 2.27 bits per heavy atom. The largest absolute Gasteiger partial charge is 0.378 e. The molecule has 0 aromatic carbocycles. The van der Waals surface area contributed by atoms with Crippen LogP contribution in [0.25, 0.3) is 0 Å². The fourth-order valence-electron chi connectivity index (χ4n) is 1.69. The van der Waals surface area contributed by atoms with Crippen LogP contribution in [0.5, 0.6) is 0 Å². The molecule has 11 heavy (non-hydrogen) atoms. The molecule has 1 unspecified atom stereocenters. The summed E-state index contributed by atoms with van der Waals surface area (Å²) in [6, 6.07) is 0. The van der Waals surface area contributed by atoms with Gasteiger partial charge >= 0.3 is 0 Å². The average molecular weight is 157 g/mol. The van der Waals surface area contributed by atoms with Gasteiger partial charge in [-0.3, -0.25) is 0 Å². The summed E-state index contributed by atoms with van der Waals surface area (Å²) in [7, 11) is 0. The van der Waals surface area contributed by atoms with Gasteiger partial charge in [0.1, 0.15) is 5.60 Å². The van der Waals surface area contributed by atoms with E-state index in [9.17, 15) is 0 Å². The highest BCUT2D eigenvalue weighted by Gasteiger charge is 2.36. The van der Waals surface area contributed by atoms with Crippen molar-refractivity contribution in [1.29, 1.82) is 0 Å². The minimum Gasteiger partial charge on any atom is -0.378 e. The van der Waals surface area contributed by atoms with Crippen LogP contribution in [-0.2, 0) is 9.47 Å². The van der Waals surface area contributed by atoms with Crippen LogP contribution in [-0.4, -0.2) is 38.5 Å². The van der Waals surface area contributed by atoms with Crippen molar-refractivity contribution >= 4 is 0 Å². The second-order valence-electron chi connectivity index (χ2n) is 3.36. The first-order valence-corrected chi connectivity index (χ1v) is 4.34. The van der Waals surface area contributed by atoms with Gasteiger partial charge in [-0.1, -0.05) is 0 Å². The number of hydrogen-bond donors (Lipinski definition) is 1. The molecule has 3 nitrogen and oxygen atoms in total. The van der Waals surface area contributed by atoms with E-state index in [0.29, 0.717) is 0 Å². The molecule has 2 aliphatic heterocycles. The summed E-state index contributed by atoms with van der Waals surface area (Å²) in [5.41, 5.74) is 0.0243. The van der Waals surface area contributed by atoms with E-state index in [1.54, 1.807) is 0 Å². The van der Waals surface area contributed by atoms with E-state index in [4.69, 9.17) is 9.47 Å². The number of rotatable bonds is 0. The second-order valence-corrected chi connectivity index (χ2v) is 3.36. The van der Waals surface area contributed by atoms with E-state index in [-0.39, 0.29) is 5.60 Å². The average Bonchev–Trinajstić information content (AvgIpc) is 2.32. The van der Waals surface area contributed by atoms with Crippen molar-refractivity contribution < 1.29 is 9.47 Å². The zero-order valence-corrected chi connectivity index (χ0v) is 6.77. The molecule has 2 rings (SSSR count). The highest BCUT2D eigenvalue weighted by molar-refractivity contribution is 4.88. The van der Waals surface area contributed by atoms with Gasteiger partial charge in [0.15, 0.2) is 0 Å². The summed E-state index contributed by atoms with van der Waals surface area (Å²) < 4.78 is 11.1. The van der Waals surface area contributed by atoms with Gasteiger partial charge in [0.05, 0.1) is 6.61 Å². The zero-order valence-electron chi connectivity index (χ0n) is 6.77. The van der Waals surface area contributed by atoms with Gasteiger partial charge in [-0.25, -0.2) is 0 Å². The van der Waals surface area contributed by atoms with Gasteiger partial charge in [-0.2, -0.15) is 0 Å². The molecular weight excluding hydrogens is 142 g/mol. The molecule has 3 heteroatoms. The Bertz CT molecular complexity index is 122. The van der Waals surface area contributed by atoms with Crippen molar-refractivity contribution in [2.24, 2.45) is 0 Å². The highest BCUT2D eigenvalue weighted by Crippen LogP contribution is 2.23. The molecule has 0 aromatic rings. The van der Waals surface area contributed by atoms with Gasteiger partial charge in [0, 0.05) is 26.2 Å². The molecule has 2 saturated heterocycles. The second kappa shape index (κ2) is 3.09.